The molecule has 1 atom stereocenters. The van der Waals surface area contributed by atoms with E-state index >= 15 is 0 Å². The van der Waals surface area contributed by atoms with E-state index in [1.54, 1.807) is 11.8 Å². The summed E-state index contributed by atoms with van der Waals surface area (Å²) < 4.78 is 0. The molecule has 1 aromatic carbocycles. The number of nitrogens with two attached hydrogens (primary N) is 1. The lowest BCUT2D eigenvalue weighted by molar-refractivity contribution is -0.383. The standard InChI is InChI=1S/C11H14ClN3O3S/c1-19-5-4-8(13)11(16)14-9-6-7(12)2-3-10(9)15(17)18/h2-3,6,8H,4-5,13H2,1H3,(H,14,16)/t8-/m0/s1. The molecule has 8 heteroatoms. The van der Waals surface area contributed by atoms with Gasteiger partial charge in [0.1, 0.15) is 5.69 Å². The molecule has 0 saturated carbocycles. The van der Waals surface area contributed by atoms with Gasteiger partial charge in [0.25, 0.3) is 5.69 Å². The lowest BCUT2D eigenvalue weighted by atomic mass is 10.2. The number of amides is 1. The van der Waals surface area contributed by atoms with Crippen molar-refractivity contribution in [2.45, 2.75) is 12.5 Å². The summed E-state index contributed by atoms with van der Waals surface area (Å²) in [5.41, 5.74) is 5.53. The quantitative estimate of drug-likeness (QED) is 0.620. The molecular formula is C11H14ClN3O3S. The number of hydrogen-bond donors (Lipinski definition) is 2. The molecule has 0 saturated heterocycles. The second-order valence-electron chi connectivity index (χ2n) is 3.80. The minimum Gasteiger partial charge on any atom is -0.320 e. The highest BCUT2D eigenvalue weighted by molar-refractivity contribution is 7.98. The minimum atomic E-state index is -0.703. The number of thioether (sulfide) groups is 1. The third-order valence-electron chi connectivity index (χ3n) is 2.38. The van der Waals surface area contributed by atoms with Crippen LogP contribution < -0.4 is 11.1 Å². The van der Waals surface area contributed by atoms with Gasteiger partial charge in [-0.05, 0) is 30.6 Å². The summed E-state index contributed by atoms with van der Waals surface area (Å²) in [5.74, 6) is 0.283. The first-order chi connectivity index (χ1) is 8.95. The van der Waals surface area contributed by atoms with Crippen molar-refractivity contribution in [3.8, 4) is 0 Å². The predicted molar refractivity (Wildman–Crippen MR) is 77.7 cm³/mol. The summed E-state index contributed by atoms with van der Waals surface area (Å²) in [6.45, 7) is 0. The van der Waals surface area contributed by atoms with Gasteiger partial charge in [0.2, 0.25) is 5.91 Å². The summed E-state index contributed by atoms with van der Waals surface area (Å²) in [4.78, 5) is 22.0. The Morgan fingerprint density at radius 3 is 2.89 bits per heavy atom. The highest BCUT2D eigenvalue weighted by atomic mass is 35.5. The number of nitro benzene ring substituents is 1. The summed E-state index contributed by atoms with van der Waals surface area (Å²) in [6.07, 6.45) is 2.41. The van der Waals surface area contributed by atoms with Gasteiger partial charge in [0.05, 0.1) is 11.0 Å². The number of hydrogen-bond acceptors (Lipinski definition) is 5. The molecule has 19 heavy (non-hydrogen) atoms. The van der Waals surface area contributed by atoms with E-state index in [0.717, 1.165) is 5.75 Å². The first kappa shape index (κ1) is 15.7. The van der Waals surface area contributed by atoms with E-state index in [-0.39, 0.29) is 11.4 Å². The molecule has 0 aliphatic carbocycles. The summed E-state index contributed by atoms with van der Waals surface area (Å²) in [6, 6.07) is 3.26. The number of rotatable bonds is 6. The van der Waals surface area contributed by atoms with Crippen LogP contribution in [0.4, 0.5) is 11.4 Å². The Morgan fingerprint density at radius 2 is 2.32 bits per heavy atom. The van der Waals surface area contributed by atoms with E-state index in [1.165, 1.54) is 18.2 Å². The molecule has 0 aliphatic heterocycles. The van der Waals surface area contributed by atoms with Gasteiger partial charge in [-0.3, -0.25) is 14.9 Å². The van der Waals surface area contributed by atoms with E-state index in [9.17, 15) is 14.9 Å². The topological polar surface area (TPSA) is 98.3 Å². The highest BCUT2D eigenvalue weighted by Crippen LogP contribution is 2.27. The van der Waals surface area contributed by atoms with E-state index < -0.39 is 16.9 Å². The average molecular weight is 304 g/mol. The molecule has 0 bridgehead atoms. The number of halogens is 1. The van der Waals surface area contributed by atoms with E-state index in [0.29, 0.717) is 11.4 Å². The van der Waals surface area contributed by atoms with Crippen molar-refractivity contribution < 1.29 is 9.72 Å². The Morgan fingerprint density at radius 1 is 1.63 bits per heavy atom. The normalized spacial score (nSPS) is 11.9. The van der Waals surface area contributed by atoms with Crippen LogP contribution >= 0.6 is 23.4 Å². The molecular weight excluding hydrogens is 290 g/mol. The van der Waals surface area contributed by atoms with Gasteiger partial charge >= 0.3 is 0 Å². The smallest absolute Gasteiger partial charge is 0.292 e. The number of carbonyl (C=O) groups excluding carboxylic acids is 1. The Kier molecular flexibility index (Phi) is 6.07. The maximum atomic E-state index is 11.8. The van der Waals surface area contributed by atoms with Crippen LogP contribution in [-0.2, 0) is 4.79 Å². The van der Waals surface area contributed by atoms with Crippen LogP contribution in [-0.4, -0.2) is 28.9 Å². The van der Waals surface area contributed by atoms with Crippen LogP contribution in [0.1, 0.15) is 6.42 Å². The number of nitro groups is 1. The van der Waals surface area contributed by atoms with Crippen LogP contribution in [0.3, 0.4) is 0 Å². The van der Waals surface area contributed by atoms with Crippen molar-refractivity contribution in [3.05, 3.63) is 33.3 Å². The summed E-state index contributed by atoms with van der Waals surface area (Å²) in [7, 11) is 0. The first-order valence-electron chi connectivity index (χ1n) is 5.45. The fraction of sp³-hybridized carbons (Fsp3) is 0.364. The summed E-state index contributed by atoms with van der Waals surface area (Å²) >= 11 is 7.33. The number of nitrogens with one attached hydrogen (secondary N) is 1. The Hall–Kier alpha value is -1.31. The Balaban J connectivity index is 2.83. The van der Waals surface area contributed by atoms with Crippen molar-refractivity contribution >= 4 is 40.6 Å². The Labute approximate surface area is 119 Å². The van der Waals surface area contributed by atoms with Crippen molar-refractivity contribution in [2.24, 2.45) is 5.73 Å². The molecule has 0 spiro atoms. The van der Waals surface area contributed by atoms with Gasteiger partial charge in [-0.25, -0.2) is 0 Å². The van der Waals surface area contributed by atoms with Crippen molar-refractivity contribution in [2.75, 3.05) is 17.3 Å². The molecule has 0 unspecified atom stereocenters. The van der Waals surface area contributed by atoms with Gasteiger partial charge in [-0.15, -0.1) is 0 Å². The van der Waals surface area contributed by atoms with E-state index in [2.05, 4.69) is 5.32 Å². The lowest BCUT2D eigenvalue weighted by Gasteiger charge is -2.11. The lowest BCUT2D eigenvalue weighted by Crippen LogP contribution is -2.36. The van der Waals surface area contributed by atoms with Gasteiger partial charge < -0.3 is 11.1 Å². The zero-order valence-corrected chi connectivity index (χ0v) is 11.8. The monoisotopic (exact) mass is 303 g/mol. The minimum absolute atomic E-state index is 0.0575. The number of carbonyl (C=O) groups is 1. The second kappa shape index (κ2) is 7.32. The molecule has 0 aliphatic rings. The zero-order chi connectivity index (χ0) is 14.4. The zero-order valence-electron chi connectivity index (χ0n) is 10.3. The van der Waals surface area contributed by atoms with Gasteiger partial charge in [-0.1, -0.05) is 11.6 Å². The van der Waals surface area contributed by atoms with Crippen LogP contribution in [0.5, 0.6) is 0 Å². The first-order valence-corrected chi connectivity index (χ1v) is 7.22. The van der Waals surface area contributed by atoms with Crippen LogP contribution in [0, 0.1) is 10.1 Å². The highest BCUT2D eigenvalue weighted by Gasteiger charge is 2.19. The molecule has 6 nitrogen and oxygen atoms in total. The van der Waals surface area contributed by atoms with Gasteiger partial charge in [-0.2, -0.15) is 11.8 Å². The molecule has 0 heterocycles. The average Bonchev–Trinajstić information content (AvgIpc) is 2.35. The molecule has 1 amide bonds. The number of benzene rings is 1. The molecule has 1 rings (SSSR count). The molecule has 0 fully saturated rings. The van der Waals surface area contributed by atoms with Gasteiger partial charge in [0, 0.05) is 11.1 Å². The van der Waals surface area contributed by atoms with Crippen molar-refractivity contribution in [1.29, 1.82) is 0 Å². The van der Waals surface area contributed by atoms with Crippen molar-refractivity contribution in [3.63, 3.8) is 0 Å². The van der Waals surface area contributed by atoms with E-state index in [4.69, 9.17) is 17.3 Å². The molecule has 3 N–H and O–H groups in total. The predicted octanol–water partition coefficient (Wildman–Crippen LogP) is 2.27. The van der Waals surface area contributed by atoms with Crippen molar-refractivity contribution in [1.82, 2.24) is 0 Å². The maximum Gasteiger partial charge on any atom is 0.292 e. The third-order valence-corrected chi connectivity index (χ3v) is 3.26. The molecule has 0 radical (unpaired) electrons. The molecule has 104 valence electrons. The fourth-order valence-corrected chi connectivity index (χ4v) is 2.03. The maximum absolute atomic E-state index is 11.8. The largest absolute Gasteiger partial charge is 0.320 e. The van der Waals surface area contributed by atoms with Crippen LogP contribution in [0.2, 0.25) is 5.02 Å². The number of nitrogens with zero attached hydrogens (tertiary/aromatic N) is 1. The Bertz CT molecular complexity index is 484. The second-order valence-corrected chi connectivity index (χ2v) is 5.22. The van der Waals surface area contributed by atoms with Crippen LogP contribution in [0.15, 0.2) is 18.2 Å². The third kappa shape index (κ3) is 4.70. The summed E-state index contributed by atoms with van der Waals surface area (Å²) in [5, 5.41) is 13.6. The fourth-order valence-electron chi connectivity index (χ4n) is 1.37. The number of anilines is 1. The SMILES string of the molecule is CSCC[C@H](N)C(=O)Nc1cc(Cl)ccc1[N+](=O)[O-]. The van der Waals surface area contributed by atoms with E-state index in [1.807, 2.05) is 6.26 Å². The molecule has 0 aromatic heterocycles. The molecule has 1 aromatic rings. The van der Waals surface area contributed by atoms with Gasteiger partial charge in [0.15, 0.2) is 0 Å². The van der Waals surface area contributed by atoms with Crippen LogP contribution in [0.25, 0.3) is 0 Å².